The molecule has 0 atom stereocenters. The predicted molar refractivity (Wildman–Crippen MR) is 248 cm³/mol. The Labute approximate surface area is 343 Å². The summed E-state index contributed by atoms with van der Waals surface area (Å²) < 4.78 is 13.1. The van der Waals surface area contributed by atoms with Crippen LogP contribution in [0.2, 0.25) is 0 Å². The topological polar surface area (TPSA) is 52.1 Å². The number of aromatic nitrogens is 2. The standard InChI is InChI=1S/C56H32N2O2/c1-3-11-53-41(9-1)51-27-47-43(35-17-13-33(14-18-35)37-7-5-21-57-31-37)23-39-26-46-40(25-45(39)49(47)29-55(51)59-53)24-44(36-19-15-34(16-20-36)38-8-6-22-58-32-38)48-28-52-42-10-2-4-12-54(42)60-56(52)30-50(46)48/h1-32H. The number of nitrogens with zero attached hydrogens (tertiary/aromatic N) is 2. The summed E-state index contributed by atoms with van der Waals surface area (Å²) in [6, 6.07) is 61.3. The van der Waals surface area contributed by atoms with Gasteiger partial charge in [0.2, 0.25) is 0 Å². The van der Waals surface area contributed by atoms with Crippen molar-refractivity contribution in [3.8, 4) is 44.5 Å². The van der Waals surface area contributed by atoms with Crippen LogP contribution >= 0.6 is 0 Å². The fourth-order valence-electron chi connectivity index (χ4n) is 9.47. The minimum atomic E-state index is 0.884. The molecule has 0 amide bonds. The Balaban J connectivity index is 1.10. The van der Waals surface area contributed by atoms with Crippen LogP contribution in [0.3, 0.4) is 0 Å². The van der Waals surface area contributed by atoms with E-state index in [9.17, 15) is 0 Å². The third-order valence-electron chi connectivity index (χ3n) is 12.4. The number of benzene rings is 9. The second kappa shape index (κ2) is 12.7. The Kier molecular flexibility index (Phi) is 6.98. The van der Waals surface area contributed by atoms with E-state index in [2.05, 4.69) is 156 Å². The number of fused-ring (bicyclic) bond motifs is 12. The summed E-state index contributed by atoms with van der Waals surface area (Å²) in [6.07, 6.45) is 7.46. The molecule has 60 heavy (non-hydrogen) atoms. The van der Waals surface area contributed by atoms with Crippen molar-refractivity contribution in [1.29, 1.82) is 0 Å². The van der Waals surface area contributed by atoms with Crippen LogP contribution in [0, 0.1) is 0 Å². The Morgan fingerprint density at radius 3 is 1.13 bits per heavy atom. The van der Waals surface area contributed by atoms with Crippen LogP contribution in [0.1, 0.15) is 0 Å². The Morgan fingerprint density at radius 1 is 0.267 bits per heavy atom. The monoisotopic (exact) mass is 764 g/mol. The molecule has 9 aromatic carbocycles. The maximum Gasteiger partial charge on any atom is 0.136 e. The minimum Gasteiger partial charge on any atom is -0.456 e. The van der Waals surface area contributed by atoms with Gasteiger partial charge in [-0.2, -0.15) is 0 Å². The molecule has 13 rings (SSSR count). The second-order valence-corrected chi connectivity index (χ2v) is 15.8. The summed E-state index contributed by atoms with van der Waals surface area (Å²) in [5, 5.41) is 13.8. The largest absolute Gasteiger partial charge is 0.456 e. The molecule has 13 aromatic rings. The van der Waals surface area contributed by atoms with Crippen molar-refractivity contribution in [3.05, 3.63) is 195 Å². The highest BCUT2D eigenvalue weighted by Gasteiger charge is 2.19. The van der Waals surface area contributed by atoms with Gasteiger partial charge in [0.05, 0.1) is 0 Å². The van der Waals surface area contributed by atoms with Crippen LogP contribution in [0.5, 0.6) is 0 Å². The molecule has 0 saturated carbocycles. The molecule has 0 aliphatic rings. The third kappa shape index (κ3) is 5.04. The van der Waals surface area contributed by atoms with Crippen LogP contribution in [0.25, 0.3) is 131 Å². The van der Waals surface area contributed by atoms with Crippen molar-refractivity contribution in [2.75, 3.05) is 0 Å². The lowest BCUT2D eigenvalue weighted by Gasteiger charge is -2.16. The first-order valence-corrected chi connectivity index (χ1v) is 20.3. The molecule has 0 saturated heterocycles. The van der Waals surface area contributed by atoms with Gasteiger partial charge in [-0.25, -0.2) is 0 Å². The predicted octanol–water partition coefficient (Wildman–Crippen LogP) is 15.6. The SMILES string of the molecule is c1cncc(-c2ccc(-c3cc4cc5c(cc(-c6ccc(-c7cccnc7)cc6)c6cc7c(cc65)oc5ccccc57)cc4c4cc5oc6ccccc6c5cc34)cc2)c1. The van der Waals surface area contributed by atoms with Crippen molar-refractivity contribution in [2.24, 2.45) is 0 Å². The quantitative estimate of drug-likeness (QED) is 0.132. The van der Waals surface area contributed by atoms with Crippen LogP contribution in [-0.4, -0.2) is 9.97 Å². The van der Waals surface area contributed by atoms with Crippen LogP contribution in [-0.2, 0) is 0 Å². The molecule has 0 radical (unpaired) electrons. The molecule has 4 heteroatoms. The normalized spacial score (nSPS) is 12.0. The van der Waals surface area contributed by atoms with E-state index in [-0.39, 0.29) is 0 Å². The Hall–Kier alpha value is -8.08. The van der Waals surface area contributed by atoms with E-state index in [4.69, 9.17) is 8.83 Å². The first kappa shape index (κ1) is 32.9. The van der Waals surface area contributed by atoms with E-state index < -0.39 is 0 Å². The molecule has 0 bridgehead atoms. The van der Waals surface area contributed by atoms with Gasteiger partial charge in [-0.1, -0.05) is 97.1 Å². The van der Waals surface area contributed by atoms with Crippen LogP contribution in [0.15, 0.2) is 203 Å². The van der Waals surface area contributed by atoms with Gasteiger partial charge in [-0.3, -0.25) is 9.97 Å². The molecule has 0 aliphatic carbocycles. The maximum atomic E-state index is 6.53. The highest BCUT2D eigenvalue weighted by atomic mass is 16.3. The summed E-state index contributed by atoms with van der Waals surface area (Å²) >= 11 is 0. The van der Waals surface area contributed by atoms with Crippen LogP contribution in [0.4, 0.5) is 0 Å². The van der Waals surface area contributed by atoms with Gasteiger partial charge in [-0.05, 0) is 160 Å². The van der Waals surface area contributed by atoms with E-state index in [1.807, 2.05) is 49.1 Å². The van der Waals surface area contributed by atoms with Crippen molar-refractivity contribution in [3.63, 3.8) is 0 Å². The second-order valence-electron chi connectivity index (χ2n) is 15.8. The van der Waals surface area contributed by atoms with E-state index in [1.54, 1.807) is 0 Å². The number of furan rings is 2. The van der Waals surface area contributed by atoms with Gasteiger partial charge in [0, 0.05) is 46.3 Å². The van der Waals surface area contributed by atoms with Gasteiger partial charge < -0.3 is 8.83 Å². The fourth-order valence-corrected chi connectivity index (χ4v) is 9.47. The minimum absolute atomic E-state index is 0.884. The van der Waals surface area contributed by atoms with Gasteiger partial charge in [0.25, 0.3) is 0 Å². The van der Waals surface area contributed by atoms with Gasteiger partial charge >= 0.3 is 0 Å². The van der Waals surface area contributed by atoms with Crippen molar-refractivity contribution >= 4 is 87.0 Å². The highest BCUT2D eigenvalue weighted by Crippen LogP contribution is 2.45. The number of pyridine rings is 2. The maximum absolute atomic E-state index is 6.53. The number of para-hydroxylation sites is 2. The average Bonchev–Trinajstić information content (AvgIpc) is 3.87. The molecule has 0 unspecified atom stereocenters. The molecule has 0 spiro atoms. The number of hydrogen-bond acceptors (Lipinski definition) is 4. The molecule has 4 aromatic heterocycles. The Morgan fingerprint density at radius 2 is 0.700 bits per heavy atom. The van der Waals surface area contributed by atoms with Crippen molar-refractivity contribution in [2.45, 2.75) is 0 Å². The molecular weight excluding hydrogens is 733 g/mol. The molecule has 4 nitrogen and oxygen atoms in total. The molecular formula is C56H32N2O2. The summed E-state index contributed by atoms with van der Waals surface area (Å²) in [4.78, 5) is 8.72. The fraction of sp³-hybridized carbons (Fsp3) is 0. The zero-order chi connectivity index (χ0) is 39.3. The summed E-state index contributed by atoms with van der Waals surface area (Å²) in [5.74, 6) is 0. The van der Waals surface area contributed by atoms with Crippen molar-refractivity contribution < 1.29 is 8.83 Å². The van der Waals surface area contributed by atoms with Crippen molar-refractivity contribution in [1.82, 2.24) is 9.97 Å². The molecule has 4 heterocycles. The van der Waals surface area contributed by atoms with E-state index in [0.717, 1.165) is 98.8 Å². The number of rotatable bonds is 4. The van der Waals surface area contributed by atoms with Gasteiger partial charge in [0.15, 0.2) is 0 Å². The lowest BCUT2D eigenvalue weighted by atomic mass is 9.87. The number of hydrogen-bond donors (Lipinski definition) is 0. The first-order chi connectivity index (χ1) is 29.7. The van der Waals surface area contributed by atoms with E-state index in [0.29, 0.717) is 0 Å². The van der Waals surface area contributed by atoms with Crippen LogP contribution < -0.4 is 0 Å². The molecule has 0 fully saturated rings. The average molecular weight is 765 g/mol. The summed E-state index contributed by atoms with van der Waals surface area (Å²) in [6.45, 7) is 0. The summed E-state index contributed by atoms with van der Waals surface area (Å²) in [5.41, 5.74) is 12.7. The highest BCUT2D eigenvalue weighted by molar-refractivity contribution is 6.26. The van der Waals surface area contributed by atoms with Gasteiger partial charge in [0.1, 0.15) is 22.3 Å². The van der Waals surface area contributed by atoms with Gasteiger partial charge in [-0.15, -0.1) is 0 Å². The smallest absolute Gasteiger partial charge is 0.136 e. The molecule has 278 valence electrons. The zero-order valence-corrected chi connectivity index (χ0v) is 32.2. The van der Waals surface area contributed by atoms with E-state index in [1.165, 1.54) is 32.7 Å². The third-order valence-corrected chi connectivity index (χ3v) is 12.4. The Bertz CT molecular complexity index is 3590. The molecule has 0 N–H and O–H groups in total. The lowest BCUT2D eigenvalue weighted by molar-refractivity contribution is 0.669. The first-order valence-electron chi connectivity index (χ1n) is 20.3. The molecule has 0 aliphatic heterocycles. The lowest BCUT2D eigenvalue weighted by Crippen LogP contribution is -1.89. The zero-order valence-electron chi connectivity index (χ0n) is 32.2. The van der Waals surface area contributed by atoms with E-state index >= 15 is 0 Å². The summed E-state index contributed by atoms with van der Waals surface area (Å²) in [7, 11) is 0.